The zero-order chi connectivity index (χ0) is 24.5. The van der Waals surface area contributed by atoms with E-state index in [1.807, 2.05) is 30.5 Å². The summed E-state index contributed by atoms with van der Waals surface area (Å²) in [5.74, 6) is 0.544. The summed E-state index contributed by atoms with van der Waals surface area (Å²) in [6.45, 7) is 8.81. The highest BCUT2D eigenvalue weighted by atomic mass is 16.5. The Morgan fingerprint density at radius 2 is 2.11 bits per heavy atom. The third-order valence-electron chi connectivity index (χ3n) is 7.89. The Bertz CT molecular complexity index is 1380. The lowest BCUT2D eigenvalue weighted by Gasteiger charge is -2.24. The summed E-state index contributed by atoms with van der Waals surface area (Å²) in [5.41, 5.74) is 2.04. The van der Waals surface area contributed by atoms with Gasteiger partial charge in [-0.15, -0.1) is 0 Å². The first-order valence-electron chi connectivity index (χ1n) is 12.5. The third-order valence-corrected chi connectivity index (χ3v) is 7.89. The van der Waals surface area contributed by atoms with Crippen molar-refractivity contribution in [2.24, 2.45) is 5.92 Å². The maximum Gasteiger partial charge on any atom is 0.274 e. The predicted molar refractivity (Wildman–Crippen MR) is 132 cm³/mol. The van der Waals surface area contributed by atoms with Gasteiger partial charge in [-0.05, 0) is 64.5 Å². The Morgan fingerprint density at radius 3 is 2.74 bits per heavy atom. The van der Waals surface area contributed by atoms with Gasteiger partial charge in [-0.3, -0.25) is 9.59 Å². The number of hydrogen-bond acceptors (Lipinski definition) is 5. The molecule has 1 saturated heterocycles. The SMILES string of the molecule is CC(C)Oc1cc2nc([C@]34CC[C@](C)(C3)OC4)cn2cc1C(=O)Nc1cccn([C@@H]2C[C@@H]2C)c1=O. The van der Waals surface area contributed by atoms with E-state index in [1.54, 1.807) is 29.1 Å². The van der Waals surface area contributed by atoms with Crippen molar-refractivity contribution in [2.75, 3.05) is 11.9 Å². The number of hydrogen-bond donors (Lipinski definition) is 1. The number of anilines is 1. The maximum absolute atomic E-state index is 13.4. The van der Waals surface area contributed by atoms with Gasteiger partial charge in [0, 0.05) is 36.1 Å². The number of carbonyl (C=O) groups excluding carboxylic acids is 1. The Kier molecular flexibility index (Phi) is 4.90. The lowest BCUT2D eigenvalue weighted by Crippen LogP contribution is -2.26. The molecule has 4 atom stereocenters. The van der Waals surface area contributed by atoms with E-state index in [-0.39, 0.29) is 40.3 Å². The summed E-state index contributed by atoms with van der Waals surface area (Å²) < 4.78 is 15.7. The van der Waals surface area contributed by atoms with Crippen molar-refractivity contribution in [3.8, 4) is 5.75 Å². The summed E-state index contributed by atoms with van der Waals surface area (Å²) in [7, 11) is 0. The van der Waals surface area contributed by atoms with Crippen LogP contribution in [0.5, 0.6) is 5.75 Å². The van der Waals surface area contributed by atoms with Gasteiger partial charge in [0.1, 0.15) is 17.1 Å². The second kappa shape index (κ2) is 7.68. The van der Waals surface area contributed by atoms with Crippen LogP contribution in [-0.4, -0.2) is 38.2 Å². The van der Waals surface area contributed by atoms with Crippen LogP contribution in [0.2, 0.25) is 0 Å². The molecule has 3 fully saturated rings. The summed E-state index contributed by atoms with van der Waals surface area (Å²) >= 11 is 0. The molecule has 0 radical (unpaired) electrons. The Balaban J connectivity index is 1.35. The second-order valence-corrected chi connectivity index (χ2v) is 11.2. The molecule has 2 saturated carbocycles. The van der Waals surface area contributed by atoms with Crippen molar-refractivity contribution in [1.82, 2.24) is 14.0 Å². The van der Waals surface area contributed by atoms with E-state index < -0.39 is 0 Å². The average Bonchev–Trinajstić information content (AvgIpc) is 3.12. The molecule has 8 nitrogen and oxygen atoms in total. The summed E-state index contributed by atoms with van der Waals surface area (Å²) in [6.07, 6.45) is 9.46. The first kappa shape index (κ1) is 22.3. The summed E-state index contributed by atoms with van der Waals surface area (Å²) in [5, 5.41) is 2.83. The molecule has 3 aromatic heterocycles. The maximum atomic E-state index is 13.4. The molecule has 3 aliphatic rings. The third kappa shape index (κ3) is 3.75. The molecule has 0 spiro atoms. The van der Waals surface area contributed by atoms with Gasteiger partial charge in [0.25, 0.3) is 11.5 Å². The molecule has 3 aromatic rings. The molecule has 1 N–H and O–H groups in total. The van der Waals surface area contributed by atoms with Gasteiger partial charge in [0.2, 0.25) is 0 Å². The van der Waals surface area contributed by atoms with Crippen molar-refractivity contribution in [2.45, 2.75) is 76.5 Å². The van der Waals surface area contributed by atoms with Gasteiger partial charge in [-0.1, -0.05) is 6.92 Å². The lowest BCUT2D eigenvalue weighted by atomic mass is 9.84. The quantitative estimate of drug-likeness (QED) is 0.572. The molecular formula is C27H32N4O4. The number of rotatable bonds is 6. The number of pyridine rings is 2. The topological polar surface area (TPSA) is 86.9 Å². The van der Waals surface area contributed by atoms with Crippen LogP contribution in [0.3, 0.4) is 0 Å². The van der Waals surface area contributed by atoms with Crippen LogP contribution < -0.4 is 15.6 Å². The molecule has 1 amide bonds. The van der Waals surface area contributed by atoms with Crippen LogP contribution >= 0.6 is 0 Å². The van der Waals surface area contributed by atoms with E-state index in [0.717, 1.165) is 37.0 Å². The van der Waals surface area contributed by atoms with Gasteiger partial charge in [0.05, 0.1) is 29.6 Å². The minimum Gasteiger partial charge on any atom is -0.490 e. The minimum atomic E-state index is -0.382. The van der Waals surface area contributed by atoms with Crippen LogP contribution in [0.15, 0.2) is 41.6 Å². The van der Waals surface area contributed by atoms with E-state index in [4.69, 9.17) is 14.5 Å². The second-order valence-electron chi connectivity index (χ2n) is 11.2. The van der Waals surface area contributed by atoms with Gasteiger partial charge in [0.15, 0.2) is 0 Å². The monoisotopic (exact) mass is 476 g/mol. The Hall–Kier alpha value is -3.13. The fourth-order valence-corrected chi connectivity index (χ4v) is 5.79. The number of aromatic nitrogens is 3. The van der Waals surface area contributed by atoms with Crippen LogP contribution in [-0.2, 0) is 10.2 Å². The highest BCUT2D eigenvalue weighted by Gasteiger charge is 2.55. The minimum absolute atomic E-state index is 0.0619. The molecule has 6 rings (SSSR count). The number of imidazole rings is 1. The van der Waals surface area contributed by atoms with E-state index >= 15 is 0 Å². The first-order valence-corrected chi connectivity index (χ1v) is 12.5. The molecule has 2 aliphatic carbocycles. The molecule has 0 unspecified atom stereocenters. The number of nitrogens with zero attached hydrogens (tertiary/aromatic N) is 3. The van der Waals surface area contributed by atoms with E-state index in [0.29, 0.717) is 23.8 Å². The fraction of sp³-hybridized carbons (Fsp3) is 0.519. The standard InChI is InChI=1S/C27H32N4O4/c1-16(2)35-21-11-23-29-22(27-8-7-26(4,14-27)34-15-27)13-30(23)12-18(21)24(32)28-19-6-5-9-31(25(19)33)20-10-17(20)3/h5-6,9,11-13,16-17,20H,7-8,10,14-15H2,1-4H3,(H,28,32)/t17-,20+,26+,27+/m0/s1. The molecule has 2 bridgehead atoms. The van der Waals surface area contributed by atoms with Crippen molar-refractivity contribution < 1.29 is 14.3 Å². The van der Waals surface area contributed by atoms with Crippen LogP contribution in [0, 0.1) is 5.92 Å². The number of fused-ring (bicyclic) bond motifs is 3. The normalized spacial score (nSPS) is 29.2. The Morgan fingerprint density at radius 1 is 1.31 bits per heavy atom. The molecule has 0 aromatic carbocycles. The van der Waals surface area contributed by atoms with Gasteiger partial charge in [-0.2, -0.15) is 0 Å². The smallest absolute Gasteiger partial charge is 0.274 e. The van der Waals surface area contributed by atoms with Crippen molar-refractivity contribution in [3.05, 3.63) is 58.4 Å². The summed E-state index contributed by atoms with van der Waals surface area (Å²) in [6, 6.07) is 5.47. The molecule has 4 heterocycles. The zero-order valence-corrected chi connectivity index (χ0v) is 20.7. The molecule has 8 heteroatoms. The summed E-state index contributed by atoms with van der Waals surface area (Å²) in [4.78, 5) is 31.3. The highest BCUT2D eigenvalue weighted by Crippen LogP contribution is 2.53. The van der Waals surface area contributed by atoms with Crippen molar-refractivity contribution >= 4 is 17.2 Å². The van der Waals surface area contributed by atoms with E-state index in [1.165, 1.54) is 0 Å². The molecular weight excluding hydrogens is 444 g/mol. The number of amides is 1. The average molecular weight is 477 g/mol. The first-order chi connectivity index (χ1) is 16.7. The van der Waals surface area contributed by atoms with Crippen LogP contribution in [0.25, 0.3) is 5.65 Å². The molecule has 1 aliphatic heterocycles. The van der Waals surface area contributed by atoms with Crippen LogP contribution in [0.4, 0.5) is 5.69 Å². The van der Waals surface area contributed by atoms with Gasteiger partial charge >= 0.3 is 0 Å². The number of ether oxygens (including phenoxy) is 2. The van der Waals surface area contributed by atoms with E-state index in [2.05, 4.69) is 19.2 Å². The van der Waals surface area contributed by atoms with Gasteiger partial charge in [-0.25, -0.2) is 4.98 Å². The number of nitrogens with one attached hydrogen (secondary N) is 1. The van der Waals surface area contributed by atoms with Crippen LogP contribution in [0.1, 0.15) is 75.5 Å². The molecule has 184 valence electrons. The van der Waals surface area contributed by atoms with Crippen molar-refractivity contribution in [1.29, 1.82) is 0 Å². The lowest BCUT2D eigenvalue weighted by molar-refractivity contribution is -0.00627. The molecule has 35 heavy (non-hydrogen) atoms. The highest BCUT2D eigenvalue weighted by molar-refractivity contribution is 6.06. The fourth-order valence-electron chi connectivity index (χ4n) is 5.79. The Labute approximate surface area is 204 Å². The van der Waals surface area contributed by atoms with E-state index in [9.17, 15) is 9.59 Å². The number of carbonyl (C=O) groups is 1. The van der Waals surface area contributed by atoms with Gasteiger partial charge < -0.3 is 23.8 Å². The predicted octanol–water partition coefficient (Wildman–Crippen LogP) is 4.33. The zero-order valence-electron chi connectivity index (χ0n) is 20.7. The van der Waals surface area contributed by atoms with Crippen molar-refractivity contribution in [3.63, 3.8) is 0 Å². The largest absolute Gasteiger partial charge is 0.490 e.